The molecule has 136 heavy (non-hydrogen) atoms. The highest BCUT2D eigenvalue weighted by Gasteiger charge is 2.47. The smallest absolute Gasteiger partial charge is 0.246 e. The molecular weight excluding hydrogens is 1800 g/mol. The Hall–Kier alpha value is -13.3. The number of phenolic OH excluding ortho intramolecular Hbond substituents is 1. The minimum Gasteiger partial charge on any atom is -0.508 e. The number of imidazole rings is 1. The summed E-state index contributed by atoms with van der Waals surface area (Å²) in [4.78, 5) is 266. The zero-order chi connectivity index (χ0) is 99.3. The average molecular weight is 1930 g/mol. The molecule has 3 aliphatic heterocycles. The predicted octanol–water partition coefficient (Wildman–Crippen LogP) is -3.35. The number of unbranched alkanes of at least 4 members (excludes halogenated alkanes) is 1. The summed E-state index contributed by atoms with van der Waals surface area (Å²) < 4.78 is 6.30. The Morgan fingerprint density at radius 3 is 1.87 bits per heavy atom. The van der Waals surface area contributed by atoms with Crippen LogP contribution < -0.4 is 75.7 Å². The van der Waals surface area contributed by atoms with E-state index in [0.717, 1.165) is 41.0 Å². The molecule has 6 heterocycles. The molecule has 23 N–H and O–H groups in total. The Morgan fingerprint density at radius 2 is 1.21 bits per heavy atom. The van der Waals surface area contributed by atoms with Gasteiger partial charge in [0.2, 0.25) is 100 Å². The van der Waals surface area contributed by atoms with Crippen molar-refractivity contribution in [1.29, 1.82) is 5.41 Å². The number of nitrogens with two attached hydrogens (primary N) is 3. The van der Waals surface area contributed by atoms with Crippen molar-refractivity contribution < 1.29 is 102 Å². The Bertz CT molecular complexity index is 5250. The van der Waals surface area contributed by atoms with Crippen molar-refractivity contribution in [3.63, 3.8) is 0 Å². The number of primary amides is 2. The van der Waals surface area contributed by atoms with Crippen molar-refractivity contribution in [2.75, 3.05) is 79.2 Å². The lowest BCUT2D eigenvalue weighted by atomic mass is 10.0. The fourth-order valence-electron chi connectivity index (χ4n) is 16.5. The number of hydrogen-bond acceptors (Lipinski definition) is 25. The van der Waals surface area contributed by atoms with Gasteiger partial charge < -0.3 is 130 Å². The number of benzene rings is 3. The van der Waals surface area contributed by atoms with Gasteiger partial charge in [0.1, 0.15) is 90.3 Å². The number of aromatic nitrogens is 3. The summed E-state index contributed by atoms with van der Waals surface area (Å²) in [6, 6.07) is -2.41. The van der Waals surface area contributed by atoms with Crippen molar-refractivity contribution in [3.05, 3.63) is 119 Å². The van der Waals surface area contributed by atoms with Gasteiger partial charge in [0, 0.05) is 132 Å². The number of aliphatic hydroxyl groups excluding tert-OH is 2. The number of aromatic amines is 2. The van der Waals surface area contributed by atoms with Gasteiger partial charge in [0.05, 0.1) is 37.8 Å². The average Bonchev–Trinajstić information content (AvgIpc) is 1.38. The number of amides is 17. The number of aliphatic hydroxyl groups is 2. The molecule has 0 spiro atoms. The van der Waals surface area contributed by atoms with Crippen molar-refractivity contribution in [2.45, 2.75) is 215 Å². The lowest BCUT2D eigenvalue weighted by Crippen LogP contribution is -2.62. The molecule has 3 aromatic heterocycles. The Kier molecular flexibility index (Phi) is 39.8. The third-order valence-electron chi connectivity index (χ3n) is 24.0. The Morgan fingerprint density at radius 1 is 0.603 bits per heavy atom. The highest BCUT2D eigenvalue weighted by molar-refractivity contribution is 8.00. The summed E-state index contributed by atoms with van der Waals surface area (Å²) in [5.74, 6) is -18.3. The fourth-order valence-corrected chi connectivity index (χ4v) is 18.3. The van der Waals surface area contributed by atoms with Crippen LogP contribution in [0.1, 0.15) is 121 Å². The zero-order valence-corrected chi connectivity index (χ0v) is 78.8. The second-order valence-electron chi connectivity index (χ2n) is 34.5. The summed E-state index contributed by atoms with van der Waals surface area (Å²) in [5.41, 5.74) is 19.1. The first kappa shape index (κ1) is 106. The molecule has 0 bridgehead atoms. The molecule has 46 heteroatoms. The van der Waals surface area contributed by atoms with Crippen LogP contribution in [0.4, 0.5) is 0 Å². The van der Waals surface area contributed by atoms with Gasteiger partial charge in [-0.3, -0.25) is 86.9 Å². The predicted molar refractivity (Wildman–Crippen MR) is 500 cm³/mol. The quantitative estimate of drug-likeness (QED) is 0.0143. The molecule has 0 radical (unpaired) electrons. The van der Waals surface area contributed by atoms with Crippen LogP contribution in [0.25, 0.3) is 21.0 Å². The first-order valence-electron chi connectivity index (χ1n) is 45.0. The van der Waals surface area contributed by atoms with Crippen LogP contribution in [0.5, 0.6) is 5.75 Å². The van der Waals surface area contributed by atoms with Crippen molar-refractivity contribution in [1.82, 2.24) is 97.9 Å². The Labute approximate surface area is 793 Å². The second-order valence-corrected chi connectivity index (χ2v) is 36.5. The van der Waals surface area contributed by atoms with Crippen LogP contribution >= 0.6 is 23.1 Å². The van der Waals surface area contributed by atoms with E-state index < -0.39 is 241 Å². The summed E-state index contributed by atoms with van der Waals surface area (Å²) >= 11 is 2.08. The van der Waals surface area contributed by atoms with E-state index in [4.69, 9.17) is 27.3 Å². The van der Waals surface area contributed by atoms with E-state index in [1.807, 2.05) is 13.0 Å². The van der Waals surface area contributed by atoms with E-state index in [0.29, 0.717) is 51.5 Å². The van der Waals surface area contributed by atoms with Gasteiger partial charge in [-0.15, -0.1) is 23.1 Å². The molecular formula is C90H125N23O21S2. The molecule has 738 valence electrons. The molecule has 44 nitrogen and oxygen atoms in total. The summed E-state index contributed by atoms with van der Waals surface area (Å²) in [5, 5.41) is 72.8. The number of thioether (sulfide) groups is 1. The van der Waals surface area contributed by atoms with Crippen molar-refractivity contribution in [3.8, 4) is 5.75 Å². The van der Waals surface area contributed by atoms with E-state index in [2.05, 4.69) is 73.4 Å². The van der Waals surface area contributed by atoms with Gasteiger partial charge in [-0.2, -0.15) is 0 Å². The topological polar surface area (TPSA) is 655 Å². The van der Waals surface area contributed by atoms with E-state index >= 15 is 38.4 Å². The minimum absolute atomic E-state index is 0.0213. The number of ether oxygens (including phenoxy) is 1. The number of nitrogens with one attached hydrogen (secondary N) is 14. The van der Waals surface area contributed by atoms with Gasteiger partial charge in [0.25, 0.3) is 0 Å². The van der Waals surface area contributed by atoms with Crippen molar-refractivity contribution >= 4 is 150 Å². The van der Waals surface area contributed by atoms with Gasteiger partial charge in [-0.1, -0.05) is 82.1 Å². The molecule has 17 amide bonds. The molecule has 0 saturated carbocycles. The van der Waals surface area contributed by atoms with E-state index in [-0.39, 0.29) is 102 Å². The maximum atomic E-state index is 15.7. The van der Waals surface area contributed by atoms with E-state index in [9.17, 15) is 58.5 Å². The lowest BCUT2D eigenvalue weighted by Gasteiger charge is -2.36. The van der Waals surface area contributed by atoms with E-state index in [1.165, 1.54) is 83.3 Å². The number of guanidine groups is 1. The number of likely N-dealkylation sites (N-methyl/N-ethyl adjacent to an activating group) is 3. The van der Waals surface area contributed by atoms with Gasteiger partial charge in [0.15, 0.2) is 5.96 Å². The normalized spacial score (nSPS) is 24.7. The van der Waals surface area contributed by atoms with Crippen LogP contribution in [0.15, 0.2) is 96.9 Å². The number of nitrogens with zero attached hydrogens (tertiary/aromatic N) is 6. The van der Waals surface area contributed by atoms with Crippen molar-refractivity contribution in [2.24, 2.45) is 23.1 Å². The van der Waals surface area contributed by atoms with Crippen LogP contribution in [-0.4, -0.2) is 331 Å². The standard InChI is InChI=1S/C90H125N23O21S2/c1-9-10-21-68-82(126)101-59(20-15-29-96-90(93)94)78(122)108-67(77(121)98-41-74(92)118)45-135-46-75(119)100-63(33-50-24-26-54(115)27-25-50)85(129)109(5)49(4)76(120)104-65(38-73(91)117)87(131)112-30-16-22-69(112)83(127)103-61(36-53-40-95-47-99-53)80(124)105-62(32-48(2)3)88(132)113-42-55(116)37-71(113)84(128)102-60(34-51-39-97-58-19-13-11-17-56(51)58)79(123)107-66(43-114)81(125)106-64(35-52-44-136-72-23-14-12-18-57(52)72)86(130)111(7)70(28-31-134-8)89(133)110(68)6/h11-14,17-19,23-27,39-40,44,47-49,55,59-71,97,114-116H,9-10,15-16,20-22,28-38,41-43,45-46H2,1-8H3,(H2,91,117)(H2,92,118)(H,95,99)(H,98,121)(H,100,119)(H,101,126)(H,102,128)(H,103,127)(H,104,120)(H,105,124)(H,106,125)(H,107,123)(H,108,122)(H4,93,94,96)/t49-,55+,59-,60-,61-,62-,63-,64-,65-,66-,67-,68-,69-,70-,71+/m0/s1. The fraction of sp³-hybridized carbons (Fsp3) is 0.522. The van der Waals surface area contributed by atoms with Gasteiger partial charge in [-0.05, 0) is 103 Å². The second kappa shape index (κ2) is 50.8. The lowest BCUT2D eigenvalue weighted by molar-refractivity contribution is -0.150. The monoisotopic (exact) mass is 1930 g/mol. The number of H-pyrrole nitrogens is 2. The van der Waals surface area contributed by atoms with E-state index in [1.54, 1.807) is 67.9 Å². The maximum Gasteiger partial charge on any atom is 0.246 e. The largest absolute Gasteiger partial charge is 0.508 e. The number of phenols is 1. The molecule has 3 aromatic carbocycles. The van der Waals surface area contributed by atoms with Gasteiger partial charge in [-0.25, -0.2) is 4.98 Å². The first-order chi connectivity index (χ1) is 64.8. The molecule has 15 atom stereocenters. The van der Waals surface area contributed by atoms with Gasteiger partial charge >= 0.3 is 0 Å². The van der Waals surface area contributed by atoms with Crippen LogP contribution in [0.3, 0.4) is 0 Å². The summed E-state index contributed by atoms with van der Waals surface area (Å²) in [6.07, 6.45) is 0.869. The first-order valence-corrected chi connectivity index (χ1v) is 47.0. The number of aromatic hydroxyl groups is 1. The summed E-state index contributed by atoms with van der Waals surface area (Å²) in [6.45, 7) is 3.94. The Balaban J connectivity index is 1.10. The van der Waals surface area contributed by atoms with Crippen LogP contribution in [0.2, 0.25) is 0 Å². The molecule has 0 unspecified atom stereocenters. The van der Waals surface area contributed by atoms with Crippen LogP contribution in [0, 0.1) is 11.3 Å². The molecule has 6 aromatic rings. The molecule has 3 saturated heterocycles. The number of carbonyl (C=O) groups is 17. The minimum atomic E-state index is -1.90. The molecule has 3 aliphatic rings. The number of para-hydroxylation sites is 1. The maximum absolute atomic E-state index is 15.7. The highest BCUT2D eigenvalue weighted by Crippen LogP contribution is 2.30. The zero-order valence-electron chi connectivity index (χ0n) is 77.2. The number of hydrogen-bond donors (Lipinski definition) is 20. The number of fused-ring (bicyclic) bond motifs is 4. The van der Waals surface area contributed by atoms with Crippen LogP contribution in [-0.2, 0) is 112 Å². The summed E-state index contributed by atoms with van der Waals surface area (Å²) in [7, 11) is 5.16. The third kappa shape index (κ3) is 29.6. The number of rotatable bonds is 26. The SMILES string of the molecule is CCCC[C@H]1C(=O)N[C@@H](CCCNC(=N)N)C(=O)N[C@H](C(=O)NCC(N)=O)CSCC(=O)N[C@@H](Cc2ccc(O)cc2)C(=O)N(C)[C@@H](C)C(=O)N[C@@H](CC(N)=O)C(=O)N2CCC[C@H]2C(=O)N[C@@H](Cc2cnc[nH]2)C(=O)N[C@@H](CC(C)C)C(=O)N2C[C@H](O)C[C@@H]2C(=O)N[C@@H](Cc2c[nH]c3ccccc23)C(=O)N[C@@H](CO)C(=O)N[C@@H](Cc2csc3ccccc23)C(=O)N(C)[C@@H](CCOC)C(=O)N1C. The number of methoxy groups -OCH3 is 1. The number of carbonyl (C=O) groups excluding carboxylic acids is 17. The molecule has 3 fully saturated rings. The highest BCUT2D eigenvalue weighted by atomic mass is 32.2. The number of thiophene rings is 1. The third-order valence-corrected chi connectivity index (χ3v) is 26.0. The molecule has 9 rings (SSSR count). The molecule has 0 aliphatic carbocycles.